The van der Waals surface area contributed by atoms with Crippen molar-refractivity contribution in [3.63, 3.8) is 0 Å². The zero-order valence-corrected chi connectivity index (χ0v) is 7.45. The molecule has 4 nitrogen and oxygen atoms in total. The molecule has 1 unspecified atom stereocenters. The maximum atomic E-state index is 10.5. The van der Waals surface area contributed by atoms with Crippen molar-refractivity contribution in [2.75, 3.05) is 0 Å². The number of rotatable bonds is 2. The van der Waals surface area contributed by atoms with Crippen LogP contribution in [0.15, 0.2) is 28.7 Å². The summed E-state index contributed by atoms with van der Waals surface area (Å²) >= 11 is -1.90. The molecule has 0 aliphatic heterocycles. The van der Waals surface area contributed by atoms with E-state index in [2.05, 4.69) is 4.98 Å². The number of fused-ring (bicyclic) bond motifs is 1. The van der Waals surface area contributed by atoms with Crippen LogP contribution in [0.4, 0.5) is 0 Å². The van der Waals surface area contributed by atoms with E-state index in [1.807, 2.05) is 12.1 Å². The zero-order valence-electron chi connectivity index (χ0n) is 6.64. The first kappa shape index (κ1) is 8.40. The second kappa shape index (κ2) is 3.27. The average molecular weight is 197 g/mol. The van der Waals surface area contributed by atoms with Crippen LogP contribution in [0, 0.1) is 0 Å². The predicted octanol–water partition coefficient (Wildman–Crippen LogP) is 1.55. The highest BCUT2D eigenvalue weighted by atomic mass is 32.2. The molecule has 0 aliphatic rings. The lowest BCUT2D eigenvalue weighted by molar-refractivity contribution is 0.527. The Hall–Kier alpha value is -1.20. The van der Waals surface area contributed by atoms with Crippen LogP contribution in [-0.2, 0) is 16.8 Å². The lowest BCUT2D eigenvalue weighted by Gasteiger charge is -1.85. The summed E-state index contributed by atoms with van der Waals surface area (Å²) in [7, 11) is 0. The third-order valence-electron chi connectivity index (χ3n) is 1.59. The van der Waals surface area contributed by atoms with Crippen molar-refractivity contribution in [3.05, 3.63) is 30.2 Å². The molecule has 0 aliphatic carbocycles. The number of para-hydroxylation sites is 2. The Morgan fingerprint density at radius 1 is 1.46 bits per heavy atom. The van der Waals surface area contributed by atoms with Gasteiger partial charge in [-0.25, -0.2) is 9.19 Å². The van der Waals surface area contributed by atoms with E-state index in [9.17, 15) is 4.21 Å². The molecule has 68 valence electrons. The standard InChI is InChI=1S/C8H7NO3S/c10-13(11)5-8-9-6-3-1-2-4-7(6)12-8/h1-4H,5H2,(H,10,11). The van der Waals surface area contributed by atoms with E-state index in [0.29, 0.717) is 17.0 Å². The van der Waals surface area contributed by atoms with Crippen molar-refractivity contribution in [1.29, 1.82) is 0 Å². The van der Waals surface area contributed by atoms with E-state index < -0.39 is 11.1 Å². The fourth-order valence-electron chi connectivity index (χ4n) is 1.09. The van der Waals surface area contributed by atoms with Crippen molar-refractivity contribution in [2.24, 2.45) is 0 Å². The molecule has 13 heavy (non-hydrogen) atoms. The van der Waals surface area contributed by atoms with E-state index >= 15 is 0 Å². The monoisotopic (exact) mass is 197 g/mol. The highest BCUT2D eigenvalue weighted by Gasteiger charge is 2.06. The third kappa shape index (κ3) is 1.76. The molecule has 0 fully saturated rings. The van der Waals surface area contributed by atoms with E-state index in [1.54, 1.807) is 12.1 Å². The van der Waals surface area contributed by atoms with E-state index in [4.69, 9.17) is 8.97 Å². The van der Waals surface area contributed by atoms with Gasteiger partial charge in [0.2, 0.25) is 5.89 Å². The van der Waals surface area contributed by atoms with E-state index in [1.165, 1.54) is 0 Å². The van der Waals surface area contributed by atoms with Crippen LogP contribution in [0.5, 0.6) is 0 Å². The maximum Gasteiger partial charge on any atom is 0.210 e. The van der Waals surface area contributed by atoms with Crippen molar-refractivity contribution < 1.29 is 13.2 Å². The number of oxazole rings is 1. The topological polar surface area (TPSA) is 63.3 Å². The molecule has 1 atom stereocenters. The molecule has 0 spiro atoms. The van der Waals surface area contributed by atoms with Crippen LogP contribution in [0.25, 0.3) is 11.1 Å². The first-order chi connectivity index (χ1) is 6.25. The van der Waals surface area contributed by atoms with E-state index in [0.717, 1.165) is 0 Å². The Labute approximate surface area is 76.9 Å². The molecular formula is C8H7NO3S. The highest BCUT2D eigenvalue weighted by molar-refractivity contribution is 7.78. The number of benzene rings is 1. The van der Waals surface area contributed by atoms with Crippen molar-refractivity contribution in [2.45, 2.75) is 5.75 Å². The summed E-state index contributed by atoms with van der Waals surface area (Å²) in [6, 6.07) is 7.23. The van der Waals surface area contributed by atoms with Gasteiger partial charge in [-0.05, 0) is 12.1 Å². The minimum absolute atomic E-state index is 0.0608. The van der Waals surface area contributed by atoms with Crippen LogP contribution >= 0.6 is 0 Å². The summed E-state index contributed by atoms with van der Waals surface area (Å²) in [6.45, 7) is 0. The second-order valence-electron chi connectivity index (χ2n) is 2.54. The largest absolute Gasteiger partial charge is 0.440 e. The molecular weight excluding hydrogens is 190 g/mol. The molecule has 1 aromatic heterocycles. The molecule has 0 saturated carbocycles. The van der Waals surface area contributed by atoms with Crippen LogP contribution in [0.3, 0.4) is 0 Å². The Kier molecular flexibility index (Phi) is 2.12. The normalized spacial score (nSPS) is 13.3. The van der Waals surface area contributed by atoms with Crippen molar-refractivity contribution >= 4 is 22.2 Å². The Balaban J connectivity index is 2.44. The summed E-state index contributed by atoms with van der Waals surface area (Å²) in [5.41, 5.74) is 1.35. The van der Waals surface area contributed by atoms with Gasteiger partial charge in [0.15, 0.2) is 16.7 Å². The van der Waals surface area contributed by atoms with Crippen LogP contribution < -0.4 is 0 Å². The molecule has 1 N–H and O–H groups in total. The van der Waals surface area contributed by atoms with Gasteiger partial charge in [-0.1, -0.05) is 12.1 Å². The Morgan fingerprint density at radius 2 is 2.23 bits per heavy atom. The molecule has 0 radical (unpaired) electrons. The van der Waals surface area contributed by atoms with Gasteiger partial charge >= 0.3 is 0 Å². The average Bonchev–Trinajstić information content (AvgIpc) is 2.44. The highest BCUT2D eigenvalue weighted by Crippen LogP contribution is 2.15. The minimum Gasteiger partial charge on any atom is -0.440 e. The smallest absolute Gasteiger partial charge is 0.210 e. The Bertz CT molecular complexity index is 418. The summed E-state index contributed by atoms with van der Waals surface area (Å²) in [5.74, 6) is 0.233. The van der Waals surface area contributed by atoms with Gasteiger partial charge in [0, 0.05) is 0 Å². The van der Waals surface area contributed by atoms with Gasteiger partial charge in [0.25, 0.3) is 0 Å². The van der Waals surface area contributed by atoms with Crippen molar-refractivity contribution in [3.8, 4) is 0 Å². The SMILES string of the molecule is O=S(O)Cc1nc2ccccc2o1. The van der Waals surface area contributed by atoms with Crippen molar-refractivity contribution in [1.82, 2.24) is 4.98 Å². The summed E-state index contributed by atoms with van der Waals surface area (Å²) in [5, 5.41) is 0. The van der Waals surface area contributed by atoms with Gasteiger partial charge < -0.3 is 8.97 Å². The molecule has 0 bridgehead atoms. The summed E-state index contributed by atoms with van der Waals surface area (Å²) < 4.78 is 24.3. The van der Waals surface area contributed by atoms with Crippen LogP contribution in [0.2, 0.25) is 0 Å². The van der Waals surface area contributed by atoms with Gasteiger partial charge in [-0.15, -0.1) is 0 Å². The maximum absolute atomic E-state index is 10.5. The molecule has 1 heterocycles. The molecule has 2 rings (SSSR count). The fraction of sp³-hybridized carbons (Fsp3) is 0.125. The molecule has 1 aromatic carbocycles. The lowest BCUT2D eigenvalue weighted by Crippen LogP contribution is -1.91. The first-order valence-corrected chi connectivity index (χ1v) is 4.95. The van der Waals surface area contributed by atoms with Gasteiger partial charge in [-0.3, -0.25) is 0 Å². The summed E-state index contributed by atoms with van der Waals surface area (Å²) in [4.78, 5) is 4.03. The van der Waals surface area contributed by atoms with Gasteiger partial charge in [0.1, 0.15) is 11.3 Å². The van der Waals surface area contributed by atoms with Crippen LogP contribution in [0.1, 0.15) is 5.89 Å². The quantitative estimate of drug-likeness (QED) is 0.742. The van der Waals surface area contributed by atoms with Gasteiger partial charge in [0.05, 0.1) is 0 Å². The molecule has 5 heteroatoms. The Morgan fingerprint density at radius 3 is 2.92 bits per heavy atom. The lowest BCUT2D eigenvalue weighted by atomic mass is 10.3. The van der Waals surface area contributed by atoms with E-state index in [-0.39, 0.29) is 5.75 Å². The van der Waals surface area contributed by atoms with Crippen LogP contribution in [-0.4, -0.2) is 13.7 Å². The number of hydrogen-bond acceptors (Lipinski definition) is 3. The first-order valence-electron chi connectivity index (χ1n) is 3.67. The second-order valence-corrected chi connectivity index (χ2v) is 3.47. The van der Waals surface area contributed by atoms with Gasteiger partial charge in [-0.2, -0.15) is 0 Å². The minimum atomic E-state index is -1.90. The predicted molar refractivity (Wildman–Crippen MR) is 48.5 cm³/mol. The molecule has 0 amide bonds. The number of hydrogen-bond donors (Lipinski definition) is 1. The molecule has 0 saturated heterocycles. The summed E-state index contributed by atoms with van der Waals surface area (Å²) in [6.07, 6.45) is 0. The zero-order chi connectivity index (χ0) is 9.26. The third-order valence-corrected chi connectivity index (χ3v) is 2.08. The molecule has 2 aromatic rings. The fourth-order valence-corrected chi connectivity index (χ4v) is 1.42. The number of aromatic nitrogens is 1. The number of nitrogens with zero attached hydrogens (tertiary/aromatic N) is 1.